The van der Waals surface area contributed by atoms with Gasteiger partial charge in [0.15, 0.2) is 18.0 Å². The van der Waals surface area contributed by atoms with Crippen LogP contribution in [-0.2, 0) is 23.8 Å². The van der Waals surface area contributed by atoms with Crippen molar-refractivity contribution in [2.75, 3.05) is 7.11 Å². The number of ether oxygens (including phenoxy) is 3. The summed E-state index contributed by atoms with van der Waals surface area (Å²) in [6, 6.07) is 0. The smallest absolute Gasteiger partial charge is 0.338 e. The van der Waals surface area contributed by atoms with Crippen LogP contribution in [0.15, 0.2) is 0 Å². The summed E-state index contributed by atoms with van der Waals surface area (Å²) < 4.78 is 15.5. The Kier molecular flexibility index (Phi) is 3.35. The van der Waals surface area contributed by atoms with Gasteiger partial charge in [0, 0.05) is 12.8 Å². The van der Waals surface area contributed by atoms with E-state index in [1.54, 1.807) is 0 Å². The van der Waals surface area contributed by atoms with E-state index in [-0.39, 0.29) is 0 Å². The van der Waals surface area contributed by atoms with E-state index >= 15 is 0 Å². The van der Waals surface area contributed by atoms with E-state index in [9.17, 15) is 9.59 Å². The molecule has 0 radical (unpaired) electrons. The summed E-state index contributed by atoms with van der Waals surface area (Å²) in [7, 11) is 1.20. The molecule has 0 unspecified atom stereocenters. The van der Waals surface area contributed by atoms with Gasteiger partial charge in [-0.1, -0.05) is 6.42 Å². The number of hydrogen-bond acceptors (Lipinski definition) is 5. The summed E-state index contributed by atoms with van der Waals surface area (Å²) in [6.45, 7) is 0. The third kappa shape index (κ3) is 2.28. The minimum absolute atomic E-state index is 0.629. The Labute approximate surface area is 98.8 Å². The minimum Gasteiger partial charge on any atom is -0.479 e. The average Bonchev–Trinajstić information content (AvgIpc) is 2.69. The normalized spacial score (nSPS) is 31.4. The number of methoxy groups -OCH3 is 1. The van der Waals surface area contributed by atoms with Crippen LogP contribution in [0.4, 0.5) is 0 Å². The molecule has 2 atom stereocenters. The number of aliphatic carboxylic acids is 1. The Morgan fingerprint density at radius 3 is 2.29 bits per heavy atom. The van der Waals surface area contributed by atoms with Crippen LogP contribution in [0, 0.1) is 0 Å². The predicted molar refractivity (Wildman–Crippen MR) is 55.2 cm³/mol. The Hall–Kier alpha value is -1.14. The van der Waals surface area contributed by atoms with Gasteiger partial charge < -0.3 is 19.3 Å². The molecule has 17 heavy (non-hydrogen) atoms. The maximum Gasteiger partial charge on any atom is 0.338 e. The highest BCUT2D eigenvalue weighted by atomic mass is 16.8. The zero-order valence-electron chi connectivity index (χ0n) is 9.68. The van der Waals surface area contributed by atoms with Crippen LogP contribution in [0.1, 0.15) is 32.1 Å². The van der Waals surface area contributed by atoms with E-state index in [1.165, 1.54) is 7.11 Å². The lowest BCUT2D eigenvalue weighted by atomic mass is 9.94. The molecule has 6 nitrogen and oxygen atoms in total. The van der Waals surface area contributed by atoms with Crippen molar-refractivity contribution in [1.29, 1.82) is 0 Å². The maximum absolute atomic E-state index is 11.5. The van der Waals surface area contributed by atoms with E-state index in [4.69, 9.17) is 14.6 Å². The number of carboxylic acids is 1. The Morgan fingerprint density at radius 1 is 1.18 bits per heavy atom. The SMILES string of the molecule is COC(=O)[C@H]1OC2(CCCCC2)O[C@@H]1C(=O)O. The molecule has 1 saturated carbocycles. The van der Waals surface area contributed by atoms with Gasteiger partial charge in [0.25, 0.3) is 0 Å². The highest BCUT2D eigenvalue weighted by molar-refractivity contribution is 5.85. The molecule has 1 heterocycles. The summed E-state index contributed by atoms with van der Waals surface area (Å²) >= 11 is 0. The fraction of sp³-hybridized carbons (Fsp3) is 0.818. The van der Waals surface area contributed by atoms with Crippen LogP contribution < -0.4 is 0 Å². The highest BCUT2D eigenvalue weighted by Gasteiger charge is 2.54. The number of carboxylic acid groups (broad SMARTS) is 1. The van der Waals surface area contributed by atoms with Crippen molar-refractivity contribution in [3.05, 3.63) is 0 Å². The molecule has 0 aromatic heterocycles. The van der Waals surface area contributed by atoms with Crippen molar-refractivity contribution in [2.24, 2.45) is 0 Å². The molecule has 1 spiro atoms. The van der Waals surface area contributed by atoms with Crippen molar-refractivity contribution in [3.63, 3.8) is 0 Å². The molecule has 96 valence electrons. The first-order valence-corrected chi connectivity index (χ1v) is 5.74. The van der Waals surface area contributed by atoms with E-state index < -0.39 is 29.9 Å². The van der Waals surface area contributed by atoms with E-state index in [0.29, 0.717) is 12.8 Å². The van der Waals surface area contributed by atoms with Crippen LogP contribution in [0.3, 0.4) is 0 Å². The fourth-order valence-corrected chi connectivity index (χ4v) is 2.41. The number of hydrogen-bond donors (Lipinski definition) is 1. The molecular formula is C11H16O6. The second-order valence-corrected chi connectivity index (χ2v) is 4.41. The molecule has 1 N–H and O–H groups in total. The molecule has 6 heteroatoms. The molecule has 0 amide bonds. The molecule has 1 saturated heterocycles. The molecule has 0 aromatic carbocycles. The topological polar surface area (TPSA) is 82.1 Å². The number of carbonyl (C=O) groups excluding carboxylic acids is 1. The van der Waals surface area contributed by atoms with E-state index in [1.807, 2.05) is 0 Å². The molecule has 2 aliphatic rings. The van der Waals surface area contributed by atoms with Gasteiger partial charge in [0.2, 0.25) is 0 Å². The van der Waals surface area contributed by atoms with Crippen LogP contribution in [0.2, 0.25) is 0 Å². The summed E-state index contributed by atoms with van der Waals surface area (Å²) in [6.07, 6.45) is 1.75. The molecule has 2 fully saturated rings. The van der Waals surface area contributed by atoms with Crippen molar-refractivity contribution in [1.82, 2.24) is 0 Å². The van der Waals surface area contributed by atoms with Crippen molar-refractivity contribution < 1.29 is 28.9 Å². The zero-order chi connectivity index (χ0) is 12.5. The van der Waals surface area contributed by atoms with Gasteiger partial charge >= 0.3 is 11.9 Å². The Balaban J connectivity index is 2.15. The lowest BCUT2D eigenvalue weighted by molar-refractivity contribution is -0.201. The summed E-state index contributed by atoms with van der Waals surface area (Å²) in [5.41, 5.74) is 0. The van der Waals surface area contributed by atoms with Gasteiger partial charge in [-0.25, -0.2) is 9.59 Å². The van der Waals surface area contributed by atoms with Crippen LogP contribution >= 0.6 is 0 Å². The molecule has 0 bridgehead atoms. The Bertz CT molecular complexity index is 320. The average molecular weight is 244 g/mol. The summed E-state index contributed by atoms with van der Waals surface area (Å²) in [5, 5.41) is 9.03. The molecule has 1 aliphatic heterocycles. The third-order valence-electron chi connectivity index (χ3n) is 3.25. The first-order valence-electron chi connectivity index (χ1n) is 5.74. The highest BCUT2D eigenvalue weighted by Crippen LogP contribution is 2.40. The van der Waals surface area contributed by atoms with Crippen LogP contribution in [-0.4, -0.2) is 42.1 Å². The third-order valence-corrected chi connectivity index (χ3v) is 3.25. The van der Waals surface area contributed by atoms with E-state index in [0.717, 1.165) is 19.3 Å². The van der Waals surface area contributed by atoms with Crippen molar-refractivity contribution in [3.8, 4) is 0 Å². The van der Waals surface area contributed by atoms with Gasteiger partial charge in [-0.05, 0) is 12.8 Å². The zero-order valence-corrected chi connectivity index (χ0v) is 9.68. The van der Waals surface area contributed by atoms with Gasteiger partial charge in [0.05, 0.1) is 7.11 Å². The fourth-order valence-electron chi connectivity index (χ4n) is 2.41. The first-order chi connectivity index (χ1) is 8.08. The Morgan fingerprint density at radius 2 is 1.76 bits per heavy atom. The lowest BCUT2D eigenvalue weighted by Crippen LogP contribution is -2.37. The van der Waals surface area contributed by atoms with E-state index in [2.05, 4.69) is 4.74 Å². The minimum atomic E-state index is -1.26. The second-order valence-electron chi connectivity index (χ2n) is 4.41. The van der Waals surface area contributed by atoms with Gasteiger partial charge in [-0.15, -0.1) is 0 Å². The largest absolute Gasteiger partial charge is 0.479 e. The van der Waals surface area contributed by atoms with Crippen molar-refractivity contribution >= 4 is 11.9 Å². The number of rotatable bonds is 2. The molecule has 1 aliphatic carbocycles. The van der Waals surface area contributed by atoms with Gasteiger partial charge in [-0.2, -0.15) is 0 Å². The summed E-state index contributed by atoms with van der Waals surface area (Å²) in [4.78, 5) is 22.5. The van der Waals surface area contributed by atoms with Gasteiger partial charge in [-0.3, -0.25) is 0 Å². The standard InChI is InChI=1S/C11H16O6/c1-15-10(14)8-7(9(12)13)16-11(17-8)5-3-2-4-6-11/h7-8H,2-6H2,1H3,(H,12,13)/t7-,8-/m0/s1. The van der Waals surface area contributed by atoms with Crippen molar-refractivity contribution in [2.45, 2.75) is 50.1 Å². The number of esters is 1. The monoisotopic (exact) mass is 244 g/mol. The predicted octanol–water partition coefficient (Wildman–Crippen LogP) is 0.688. The second kappa shape index (κ2) is 4.62. The quantitative estimate of drug-likeness (QED) is 0.719. The molecular weight excluding hydrogens is 228 g/mol. The first kappa shape index (κ1) is 12.3. The maximum atomic E-state index is 11.5. The van der Waals surface area contributed by atoms with Crippen LogP contribution in [0.5, 0.6) is 0 Å². The lowest BCUT2D eigenvalue weighted by Gasteiger charge is -2.31. The number of carbonyl (C=O) groups is 2. The molecule has 0 aromatic rings. The molecule has 2 rings (SSSR count). The summed E-state index contributed by atoms with van der Waals surface area (Å²) in [5.74, 6) is -2.79. The van der Waals surface area contributed by atoms with Crippen LogP contribution in [0.25, 0.3) is 0 Å². The van der Waals surface area contributed by atoms with Gasteiger partial charge in [0.1, 0.15) is 0 Å².